The lowest BCUT2D eigenvalue weighted by atomic mass is 10.2. The number of anilines is 2. The van der Waals surface area contributed by atoms with Gasteiger partial charge in [0, 0.05) is 29.4 Å². The number of hydrogen-bond acceptors (Lipinski definition) is 4. The van der Waals surface area contributed by atoms with Crippen LogP contribution in [0.1, 0.15) is 13.8 Å². The van der Waals surface area contributed by atoms with Gasteiger partial charge in [-0.3, -0.25) is 0 Å². The normalized spacial score (nSPS) is 15.2. The van der Waals surface area contributed by atoms with Crippen LogP contribution in [0.4, 0.5) is 11.4 Å². The molecular weight excluding hydrogens is 368 g/mol. The van der Waals surface area contributed by atoms with Gasteiger partial charge < -0.3 is 9.80 Å². The molecule has 0 fully saturated rings. The van der Waals surface area contributed by atoms with E-state index >= 15 is 0 Å². The van der Waals surface area contributed by atoms with E-state index in [0.29, 0.717) is 0 Å². The van der Waals surface area contributed by atoms with Gasteiger partial charge in [-0.05, 0) is 44.2 Å². The lowest BCUT2D eigenvalue weighted by molar-refractivity contribution is 0.893. The minimum Gasteiger partial charge on any atom is -0.367 e. The number of nitrogens with zero attached hydrogens (tertiary/aromatic N) is 2. The Morgan fingerprint density at radius 3 is 2.56 bits per heavy atom. The summed E-state index contributed by atoms with van der Waals surface area (Å²) in [6.45, 7) is 7.17. The second kappa shape index (κ2) is 9.77. The highest BCUT2D eigenvalue weighted by Gasteiger charge is 2.22. The van der Waals surface area contributed by atoms with Crippen LogP contribution >= 0.6 is 24.4 Å². The molecule has 1 heterocycles. The van der Waals surface area contributed by atoms with Gasteiger partial charge in [-0.25, -0.2) is 0 Å². The Morgan fingerprint density at radius 2 is 1.78 bits per heavy atom. The molecule has 0 radical (unpaired) electrons. The summed E-state index contributed by atoms with van der Waals surface area (Å²) in [4.78, 5) is 7.02. The van der Waals surface area contributed by atoms with E-state index in [1.165, 1.54) is 21.3 Å². The largest absolute Gasteiger partial charge is 0.367 e. The number of likely N-dealkylation sites (N-methyl/N-ethyl adjacent to an activating group) is 1. The van der Waals surface area contributed by atoms with Crippen molar-refractivity contribution in [2.45, 2.75) is 23.6 Å². The fourth-order valence-corrected chi connectivity index (χ4v) is 4.54. The molecule has 0 saturated heterocycles. The third-order valence-corrected chi connectivity index (χ3v) is 5.99. The van der Waals surface area contributed by atoms with E-state index < -0.39 is 0 Å². The van der Waals surface area contributed by atoms with Gasteiger partial charge in [0.2, 0.25) is 0 Å². The van der Waals surface area contributed by atoms with Gasteiger partial charge in [0.05, 0.1) is 16.4 Å². The highest BCUT2D eigenvalue weighted by atomic mass is 32.2. The van der Waals surface area contributed by atoms with E-state index in [2.05, 4.69) is 103 Å². The van der Waals surface area contributed by atoms with Crippen molar-refractivity contribution in [3.05, 3.63) is 83.9 Å². The molecule has 0 bridgehead atoms. The van der Waals surface area contributed by atoms with Gasteiger partial charge in [0.25, 0.3) is 0 Å². The summed E-state index contributed by atoms with van der Waals surface area (Å²) >= 11 is 6.40. The predicted octanol–water partition coefficient (Wildman–Crippen LogP) is 6.39. The maximum Gasteiger partial charge on any atom is 0.0801 e. The van der Waals surface area contributed by atoms with Crippen LogP contribution in [0.2, 0.25) is 0 Å². The van der Waals surface area contributed by atoms with Crippen LogP contribution in [0.3, 0.4) is 0 Å². The Kier molecular flexibility index (Phi) is 7.13. The molecule has 0 atom stereocenters. The molecule has 140 valence electrons. The van der Waals surface area contributed by atoms with Crippen molar-refractivity contribution >= 4 is 35.8 Å². The summed E-state index contributed by atoms with van der Waals surface area (Å²) in [6.07, 6.45) is 10.7. The van der Waals surface area contributed by atoms with Gasteiger partial charge in [-0.1, -0.05) is 60.3 Å². The first-order valence-electron chi connectivity index (χ1n) is 9.35. The number of allylic oxidation sites excluding steroid dienone is 4. The molecule has 0 N–H and O–H groups in total. The van der Waals surface area contributed by atoms with Crippen molar-refractivity contribution in [1.82, 2.24) is 0 Å². The summed E-state index contributed by atoms with van der Waals surface area (Å²) in [5.41, 5.74) is 2.49. The fourth-order valence-electron chi connectivity index (χ4n) is 3.10. The van der Waals surface area contributed by atoms with E-state index in [1.807, 2.05) is 23.9 Å². The molecule has 4 heteroatoms. The average Bonchev–Trinajstić information content (AvgIpc) is 3.05. The van der Waals surface area contributed by atoms with Crippen LogP contribution in [-0.2, 0) is 0 Å². The summed E-state index contributed by atoms with van der Waals surface area (Å²) < 4.78 is 0. The molecular formula is C23H26N2S2. The molecule has 1 aliphatic heterocycles. The molecule has 0 amide bonds. The number of benzene rings is 2. The lowest BCUT2D eigenvalue weighted by Crippen LogP contribution is -2.22. The van der Waals surface area contributed by atoms with Crippen LogP contribution < -0.4 is 9.80 Å². The summed E-state index contributed by atoms with van der Waals surface area (Å²) in [6, 6.07) is 16.8. The maximum absolute atomic E-state index is 4.56. The first kappa shape index (κ1) is 19.7. The number of rotatable bonds is 7. The summed E-state index contributed by atoms with van der Waals surface area (Å²) in [5, 5.41) is 1.28. The molecule has 2 nitrogen and oxygen atoms in total. The Hall–Kier alpha value is -2.04. The molecule has 0 aliphatic carbocycles. The van der Waals surface area contributed by atoms with Crippen LogP contribution in [0, 0.1) is 0 Å². The van der Waals surface area contributed by atoms with Crippen LogP contribution in [0.15, 0.2) is 93.7 Å². The Labute approximate surface area is 172 Å². The molecule has 2 aromatic carbocycles. The molecule has 27 heavy (non-hydrogen) atoms. The van der Waals surface area contributed by atoms with Crippen LogP contribution in [0.25, 0.3) is 0 Å². The molecule has 0 spiro atoms. The zero-order chi connectivity index (χ0) is 19.1. The monoisotopic (exact) mass is 394 g/mol. The number of hydrogen-bond donors (Lipinski definition) is 1. The van der Waals surface area contributed by atoms with Gasteiger partial charge in [0.1, 0.15) is 0 Å². The topological polar surface area (TPSA) is 6.48 Å². The van der Waals surface area contributed by atoms with Crippen molar-refractivity contribution < 1.29 is 0 Å². The number of para-hydroxylation sites is 2. The second-order valence-corrected chi connectivity index (χ2v) is 7.70. The van der Waals surface area contributed by atoms with Crippen molar-refractivity contribution in [2.75, 3.05) is 29.4 Å². The van der Waals surface area contributed by atoms with E-state index in [4.69, 9.17) is 0 Å². The van der Waals surface area contributed by atoms with E-state index in [0.717, 1.165) is 24.5 Å². The Bertz CT molecular complexity index is 855. The SMILES string of the molecule is CCN(C/C=C/C=C/C=C1/Sc2ccccc2N1CC)c1ccccc1S. The third-order valence-electron chi connectivity index (χ3n) is 4.48. The Balaban J connectivity index is 1.59. The summed E-state index contributed by atoms with van der Waals surface area (Å²) in [7, 11) is 0. The van der Waals surface area contributed by atoms with Crippen molar-refractivity contribution in [3.8, 4) is 0 Å². The third kappa shape index (κ3) is 4.82. The van der Waals surface area contributed by atoms with Crippen LogP contribution in [-0.4, -0.2) is 19.6 Å². The van der Waals surface area contributed by atoms with Crippen molar-refractivity contribution in [3.63, 3.8) is 0 Å². The quantitative estimate of drug-likeness (QED) is 0.430. The second-order valence-electron chi connectivity index (χ2n) is 6.16. The van der Waals surface area contributed by atoms with Crippen LogP contribution in [0.5, 0.6) is 0 Å². The molecule has 0 saturated carbocycles. The number of thiol groups is 1. The first-order chi connectivity index (χ1) is 13.2. The predicted molar refractivity (Wildman–Crippen MR) is 123 cm³/mol. The minimum atomic E-state index is 0.871. The standard InChI is InChI=1S/C23H26N2S2/c1-3-24(19-13-8-10-15-21(19)26)18-12-6-5-7-17-23-25(4-2)20-14-9-11-16-22(20)27-23/h5-17,26H,3-4,18H2,1-2H3/b7-5+,12-6+,23-17+. The highest BCUT2D eigenvalue weighted by molar-refractivity contribution is 8.03. The summed E-state index contributed by atoms with van der Waals surface area (Å²) in [5.74, 6) is 0. The van der Waals surface area contributed by atoms with Gasteiger partial charge in [0.15, 0.2) is 0 Å². The van der Waals surface area contributed by atoms with E-state index in [1.54, 1.807) is 0 Å². The van der Waals surface area contributed by atoms with Gasteiger partial charge >= 0.3 is 0 Å². The molecule has 1 aliphatic rings. The van der Waals surface area contributed by atoms with Gasteiger partial charge in [-0.2, -0.15) is 0 Å². The lowest BCUT2D eigenvalue weighted by Gasteiger charge is -2.22. The van der Waals surface area contributed by atoms with Gasteiger partial charge in [-0.15, -0.1) is 12.6 Å². The molecule has 3 rings (SSSR count). The number of fused-ring (bicyclic) bond motifs is 1. The highest BCUT2D eigenvalue weighted by Crippen LogP contribution is 2.45. The first-order valence-corrected chi connectivity index (χ1v) is 10.6. The molecule has 2 aromatic rings. The molecule has 0 aromatic heterocycles. The fraction of sp³-hybridized carbons (Fsp3) is 0.217. The maximum atomic E-state index is 4.56. The number of thioether (sulfide) groups is 1. The average molecular weight is 395 g/mol. The smallest absolute Gasteiger partial charge is 0.0801 e. The zero-order valence-electron chi connectivity index (χ0n) is 15.9. The van der Waals surface area contributed by atoms with Crippen molar-refractivity contribution in [1.29, 1.82) is 0 Å². The van der Waals surface area contributed by atoms with E-state index in [9.17, 15) is 0 Å². The zero-order valence-corrected chi connectivity index (χ0v) is 17.6. The Morgan fingerprint density at radius 1 is 1.00 bits per heavy atom. The molecule has 0 unspecified atom stereocenters. The van der Waals surface area contributed by atoms with E-state index in [-0.39, 0.29) is 0 Å². The minimum absolute atomic E-state index is 0.871. The van der Waals surface area contributed by atoms with Crippen molar-refractivity contribution in [2.24, 2.45) is 0 Å².